The van der Waals surface area contributed by atoms with Gasteiger partial charge in [0.15, 0.2) is 0 Å². The zero-order valence-electron chi connectivity index (χ0n) is 14.8. The molecule has 7 nitrogen and oxygen atoms in total. The molecule has 0 spiro atoms. The number of nitrogens with one attached hydrogen (secondary N) is 1. The Morgan fingerprint density at radius 1 is 1.26 bits per heavy atom. The topological polar surface area (TPSA) is 103 Å². The minimum absolute atomic E-state index is 0.267. The van der Waals surface area contributed by atoms with Gasteiger partial charge in [-0.2, -0.15) is 0 Å². The monoisotopic (exact) mass is 381 g/mol. The number of amides is 1. The number of nitrogens with zero attached hydrogens (tertiary/aromatic N) is 3. The summed E-state index contributed by atoms with van der Waals surface area (Å²) in [6, 6.07) is 11.0. The number of ether oxygens (including phenoxy) is 1. The van der Waals surface area contributed by atoms with Crippen molar-refractivity contribution in [2.45, 2.75) is 25.3 Å². The van der Waals surface area contributed by atoms with Crippen molar-refractivity contribution in [3.8, 4) is 5.88 Å². The maximum atomic E-state index is 13.1. The summed E-state index contributed by atoms with van der Waals surface area (Å²) in [5, 5.41) is 12.0. The highest BCUT2D eigenvalue weighted by Crippen LogP contribution is 2.29. The van der Waals surface area contributed by atoms with Gasteiger partial charge in [0.05, 0.1) is 7.11 Å². The Kier molecular flexibility index (Phi) is 4.72. The van der Waals surface area contributed by atoms with Crippen molar-refractivity contribution in [1.82, 2.24) is 20.5 Å². The molecular formula is C19H19N5O2S. The fourth-order valence-corrected chi connectivity index (χ4v) is 3.97. The van der Waals surface area contributed by atoms with Crippen LogP contribution in [0.25, 0.3) is 0 Å². The Morgan fingerprint density at radius 3 is 2.78 bits per heavy atom. The lowest BCUT2D eigenvalue weighted by atomic mass is 10.1. The second kappa shape index (κ2) is 7.32. The van der Waals surface area contributed by atoms with Crippen LogP contribution in [-0.4, -0.2) is 28.2 Å². The molecule has 2 heterocycles. The fourth-order valence-electron chi connectivity index (χ4n) is 3.28. The lowest BCUT2D eigenvalue weighted by Gasteiger charge is -2.18. The number of benzene rings is 1. The van der Waals surface area contributed by atoms with E-state index in [0.717, 1.165) is 36.1 Å². The first-order valence-corrected chi connectivity index (χ1v) is 9.49. The molecule has 0 bridgehead atoms. The molecule has 0 saturated heterocycles. The van der Waals surface area contributed by atoms with Crippen molar-refractivity contribution in [2.75, 3.05) is 12.8 Å². The number of fused-ring (bicyclic) bond motifs is 1. The molecule has 1 aliphatic carbocycles. The number of nitrogen functional groups attached to an aromatic ring is 1. The quantitative estimate of drug-likeness (QED) is 0.704. The number of anilines is 1. The van der Waals surface area contributed by atoms with Gasteiger partial charge in [0.2, 0.25) is 11.0 Å². The predicted octanol–water partition coefficient (Wildman–Crippen LogP) is 2.53. The van der Waals surface area contributed by atoms with Gasteiger partial charge in [-0.25, -0.2) is 4.98 Å². The van der Waals surface area contributed by atoms with E-state index in [9.17, 15) is 4.79 Å². The predicted molar refractivity (Wildman–Crippen MR) is 103 cm³/mol. The van der Waals surface area contributed by atoms with Gasteiger partial charge in [0, 0.05) is 5.69 Å². The first kappa shape index (κ1) is 17.4. The summed E-state index contributed by atoms with van der Waals surface area (Å²) in [6.07, 6.45) is 2.90. The Hall–Kier alpha value is -3.00. The van der Waals surface area contributed by atoms with Crippen LogP contribution in [-0.2, 0) is 12.8 Å². The highest BCUT2D eigenvalue weighted by atomic mass is 32.1. The largest absolute Gasteiger partial charge is 0.480 e. The van der Waals surface area contributed by atoms with E-state index in [1.165, 1.54) is 18.4 Å². The van der Waals surface area contributed by atoms with E-state index in [-0.39, 0.29) is 5.91 Å². The highest BCUT2D eigenvalue weighted by molar-refractivity contribution is 7.15. The van der Waals surface area contributed by atoms with Gasteiger partial charge in [0.25, 0.3) is 5.91 Å². The number of pyridine rings is 1. The zero-order valence-corrected chi connectivity index (χ0v) is 15.6. The number of hydrogen-bond donors (Lipinski definition) is 2. The molecule has 2 aromatic heterocycles. The SMILES string of the molecule is COc1nc2c(cc1C(=O)N[C@H](c1ccccc1)c1nnc(N)s1)CCC2. The number of hydrogen-bond acceptors (Lipinski definition) is 7. The molecule has 1 atom stereocenters. The third kappa shape index (κ3) is 3.48. The van der Waals surface area contributed by atoms with Crippen LogP contribution in [0.15, 0.2) is 36.4 Å². The van der Waals surface area contributed by atoms with Crippen LogP contribution in [0.2, 0.25) is 0 Å². The smallest absolute Gasteiger partial charge is 0.257 e. The fraction of sp³-hybridized carbons (Fsp3) is 0.263. The summed E-state index contributed by atoms with van der Waals surface area (Å²) in [5.41, 5.74) is 9.19. The second-order valence-electron chi connectivity index (χ2n) is 6.30. The number of nitrogens with two attached hydrogens (primary N) is 1. The molecule has 1 aromatic carbocycles. The number of aryl methyl sites for hydroxylation is 2. The number of methoxy groups -OCH3 is 1. The molecule has 0 fully saturated rings. The number of carbonyl (C=O) groups excluding carboxylic acids is 1. The molecule has 1 aliphatic rings. The van der Waals surface area contributed by atoms with Crippen molar-refractivity contribution in [2.24, 2.45) is 0 Å². The summed E-state index contributed by atoms with van der Waals surface area (Å²) in [6.45, 7) is 0. The van der Waals surface area contributed by atoms with E-state index in [1.54, 1.807) is 0 Å². The van der Waals surface area contributed by atoms with Crippen molar-refractivity contribution >= 4 is 22.4 Å². The third-order valence-electron chi connectivity index (χ3n) is 4.57. The van der Waals surface area contributed by atoms with Crippen molar-refractivity contribution in [3.05, 3.63) is 63.8 Å². The van der Waals surface area contributed by atoms with Gasteiger partial charge in [-0.1, -0.05) is 41.7 Å². The molecule has 0 saturated carbocycles. The Morgan fingerprint density at radius 2 is 2.07 bits per heavy atom. The highest BCUT2D eigenvalue weighted by Gasteiger charge is 2.25. The minimum atomic E-state index is -0.452. The van der Waals surface area contributed by atoms with Crippen LogP contribution in [0.3, 0.4) is 0 Å². The Labute approximate surface area is 160 Å². The molecule has 1 amide bonds. The Bertz CT molecular complexity index is 973. The van der Waals surface area contributed by atoms with Crippen LogP contribution in [0.1, 0.15) is 44.6 Å². The summed E-state index contributed by atoms with van der Waals surface area (Å²) >= 11 is 1.25. The third-order valence-corrected chi connectivity index (χ3v) is 5.38. The van der Waals surface area contributed by atoms with Gasteiger partial charge in [-0.05, 0) is 36.5 Å². The molecule has 3 N–H and O–H groups in total. The second-order valence-corrected chi connectivity index (χ2v) is 7.34. The molecule has 0 unspecified atom stereocenters. The van der Waals surface area contributed by atoms with E-state index < -0.39 is 6.04 Å². The normalized spacial score (nSPS) is 13.8. The summed E-state index contributed by atoms with van der Waals surface area (Å²) in [7, 11) is 1.53. The van der Waals surface area contributed by atoms with Gasteiger partial charge in [0.1, 0.15) is 16.6 Å². The molecule has 3 aromatic rings. The summed E-state index contributed by atoms with van der Waals surface area (Å²) < 4.78 is 5.37. The molecule has 4 rings (SSSR count). The summed E-state index contributed by atoms with van der Waals surface area (Å²) in [5.74, 6) is 0.0772. The number of aromatic nitrogens is 3. The molecule has 0 radical (unpaired) electrons. The van der Waals surface area contributed by atoms with Gasteiger partial charge in [-0.3, -0.25) is 4.79 Å². The first-order chi connectivity index (χ1) is 13.2. The molecule has 0 aliphatic heterocycles. The van der Waals surface area contributed by atoms with Crippen molar-refractivity contribution in [3.63, 3.8) is 0 Å². The maximum absolute atomic E-state index is 13.1. The van der Waals surface area contributed by atoms with Crippen LogP contribution >= 0.6 is 11.3 Å². The van der Waals surface area contributed by atoms with Crippen LogP contribution < -0.4 is 15.8 Å². The van der Waals surface area contributed by atoms with Crippen LogP contribution in [0, 0.1) is 0 Å². The van der Waals surface area contributed by atoms with E-state index in [1.807, 2.05) is 36.4 Å². The maximum Gasteiger partial charge on any atom is 0.257 e. The average Bonchev–Trinajstić information content (AvgIpc) is 3.33. The minimum Gasteiger partial charge on any atom is -0.480 e. The van der Waals surface area contributed by atoms with Crippen LogP contribution in [0.5, 0.6) is 5.88 Å². The lowest BCUT2D eigenvalue weighted by molar-refractivity contribution is 0.0939. The van der Waals surface area contributed by atoms with E-state index in [0.29, 0.717) is 21.6 Å². The van der Waals surface area contributed by atoms with Gasteiger partial charge >= 0.3 is 0 Å². The number of carbonyl (C=O) groups is 1. The number of rotatable bonds is 5. The Balaban J connectivity index is 1.68. The van der Waals surface area contributed by atoms with E-state index >= 15 is 0 Å². The van der Waals surface area contributed by atoms with E-state index in [4.69, 9.17) is 10.5 Å². The standard InChI is InChI=1S/C19H19N5O2S/c1-26-17-13(10-12-8-5-9-14(12)21-17)16(25)22-15(11-6-3-2-4-7-11)18-23-24-19(20)27-18/h2-4,6-7,10,15H,5,8-9H2,1H3,(H2,20,24)(H,22,25)/t15-/m1/s1. The van der Waals surface area contributed by atoms with Gasteiger partial charge < -0.3 is 15.8 Å². The molecule has 8 heteroatoms. The van der Waals surface area contributed by atoms with E-state index in [2.05, 4.69) is 20.5 Å². The lowest BCUT2D eigenvalue weighted by Crippen LogP contribution is -2.30. The zero-order chi connectivity index (χ0) is 18.8. The van der Waals surface area contributed by atoms with Crippen molar-refractivity contribution in [1.29, 1.82) is 0 Å². The molecular weight excluding hydrogens is 362 g/mol. The first-order valence-electron chi connectivity index (χ1n) is 8.67. The van der Waals surface area contributed by atoms with Crippen LogP contribution in [0.4, 0.5) is 5.13 Å². The molecule has 138 valence electrons. The summed E-state index contributed by atoms with van der Waals surface area (Å²) in [4.78, 5) is 17.6. The molecule has 27 heavy (non-hydrogen) atoms. The average molecular weight is 381 g/mol. The van der Waals surface area contributed by atoms with Gasteiger partial charge in [-0.15, -0.1) is 10.2 Å². The van der Waals surface area contributed by atoms with Crippen molar-refractivity contribution < 1.29 is 9.53 Å².